The first-order valence-corrected chi connectivity index (χ1v) is 17.7. The first-order valence-electron chi connectivity index (χ1n) is 17.7. The summed E-state index contributed by atoms with van der Waals surface area (Å²) >= 11 is 0. The van der Waals surface area contributed by atoms with Gasteiger partial charge in [-0.05, 0) is 25.7 Å². The second-order valence-electron chi connectivity index (χ2n) is 12.1. The van der Waals surface area contributed by atoms with Crippen LogP contribution in [0.2, 0.25) is 0 Å². The largest absolute Gasteiger partial charge is 0.370 e. The maximum atomic E-state index is 12.8. The Morgan fingerprint density at radius 3 is 1.39 bits per heavy atom. The third kappa shape index (κ3) is 29.5. The number of unbranched alkanes of at least 4 members (excludes halogenated alkanes) is 21. The van der Waals surface area contributed by atoms with Crippen LogP contribution in [0, 0.1) is 5.41 Å². The summed E-state index contributed by atoms with van der Waals surface area (Å²) < 4.78 is 0. The summed E-state index contributed by atoms with van der Waals surface area (Å²) in [5.41, 5.74) is 5.35. The van der Waals surface area contributed by atoms with Crippen LogP contribution in [0.3, 0.4) is 0 Å². The number of hydrogen-bond acceptors (Lipinski definition) is 3. The molecule has 0 aliphatic rings. The minimum Gasteiger partial charge on any atom is -0.370 e. The van der Waals surface area contributed by atoms with Gasteiger partial charge in [0, 0.05) is 19.5 Å². The lowest BCUT2D eigenvalue weighted by molar-refractivity contribution is -0.129. The van der Waals surface area contributed by atoms with Crippen molar-refractivity contribution in [3.8, 4) is 0 Å². The van der Waals surface area contributed by atoms with E-state index in [-0.39, 0.29) is 17.8 Å². The number of rotatable bonds is 31. The highest BCUT2D eigenvalue weighted by atomic mass is 16.2. The SMILES string of the molecule is CCCCCCCCCCCCCCCCCCCC(=O)NC(CCCNC(=N)N)C(=O)NCCCCCCCC. The van der Waals surface area contributed by atoms with E-state index in [2.05, 4.69) is 29.8 Å². The molecule has 0 radical (unpaired) electrons. The summed E-state index contributed by atoms with van der Waals surface area (Å²) in [6.07, 6.45) is 31.2. The summed E-state index contributed by atoms with van der Waals surface area (Å²) in [6.45, 7) is 5.66. The van der Waals surface area contributed by atoms with E-state index in [1.807, 2.05) is 0 Å². The fraction of sp³-hybridized carbons (Fsp3) is 0.912. The molecule has 0 bridgehead atoms. The number of nitrogens with two attached hydrogens (primary N) is 1. The number of guanidine groups is 1. The molecular formula is C34H69N5O2. The van der Waals surface area contributed by atoms with E-state index in [0.29, 0.717) is 32.4 Å². The fourth-order valence-electron chi connectivity index (χ4n) is 5.32. The molecule has 0 spiro atoms. The standard InChI is InChI=1S/C34H69N5O2/c1-3-5-7-9-11-12-13-14-15-16-17-18-19-20-21-22-24-28-32(40)39-31(27-26-30-38-34(35)36)33(41)37-29-25-23-10-8-6-4-2/h31H,3-30H2,1-2H3,(H,37,41)(H,39,40)(H4,35,36,38). The van der Waals surface area contributed by atoms with Crippen LogP contribution in [-0.2, 0) is 9.59 Å². The Balaban J connectivity index is 3.90. The normalized spacial score (nSPS) is 11.8. The first kappa shape index (κ1) is 39.2. The molecule has 0 saturated heterocycles. The van der Waals surface area contributed by atoms with Crippen LogP contribution >= 0.6 is 0 Å². The summed E-state index contributed by atoms with van der Waals surface area (Å²) in [4.78, 5) is 25.3. The van der Waals surface area contributed by atoms with Gasteiger partial charge in [-0.25, -0.2) is 0 Å². The molecule has 0 fully saturated rings. The summed E-state index contributed by atoms with van der Waals surface area (Å²) in [5.74, 6) is -0.209. The minimum absolute atomic E-state index is 0.0368. The highest BCUT2D eigenvalue weighted by molar-refractivity contribution is 5.87. The summed E-state index contributed by atoms with van der Waals surface area (Å²) in [6, 6.07) is -0.526. The van der Waals surface area contributed by atoms with Crippen molar-refractivity contribution < 1.29 is 9.59 Å². The van der Waals surface area contributed by atoms with Crippen molar-refractivity contribution in [2.24, 2.45) is 5.73 Å². The molecule has 7 nitrogen and oxygen atoms in total. The van der Waals surface area contributed by atoms with E-state index >= 15 is 0 Å². The zero-order valence-electron chi connectivity index (χ0n) is 27.3. The van der Waals surface area contributed by atoms with Gasteiger partial charge in [0.2, 0.25) is 11.8 Å². The topological polar surface area (TPSA) is 120 Å². The molecule has 0 aliphatic carbocycles. The molecule has 0 aliphatic heterocycles. The Kier molecular flexibility index (Phi) is 29.8. The second kappa shape index (κ2) is 31.2. The molecule has 41 heavy (non-hydrogen) atoms. The Morgan fingerprint density at radius 1 is 0.561 bits per heavy atom. The van der Waals surface area contributed by atoms with Crippen LogP contribution in [0.4, 0.5) is 0 Å². The van der Waals surface area contributed by atoms with Gasteiger partial charge >= 0.3 is 0 Å². The van der Waals surface area contributed by atoms with Gasteiger partial charge in [0.15, 0.2) is 5.96 Å². The Labute approximate surface area is 254 Å². The molecule has 6 N–H and O–H groups in total. The molecule has 0 aromatic carbocycles. The molecule has 0 saturated carbocycles. The lowest BCUT2D eigenvalue weighted by atomic mass is 10.0. The van der Waals surface area contributed by atoms with Crippen molar-refractivity contribution in [2.45, 2.75) is 187 Å². The van der Waals surface area contributed by atoms with Gasteiger partial charge in [-0.3, -0.25) is 15.0 Å². The zero-order chi connectivity index (χ0) is 30.2. The highest BCUT2D eigenvalue weighted by Gasteiger charge is 2.20. The lowest BCUT2D eigenvalue weighted by Gasteiger charge is -2.19. The molecule has 7 heteroatoms. The van der Waals surface area contributed by atoms with Crippen LogP contribution in [0.1, 0.15) is 181 Å². The molecule has 0 aromatic heterocycles. The van der Waals surface area contributed by atoms with Gasteiger partial charge in [0.05, 0.1) is 0 Å². The van der Waals surface area contributed by atoms with Gasteiger partial charge in [-0.1, -0.05) is 149 Å². The van der Waals surface area contributed by atoms with E-state index in [1.54, 1.807) is 0 Å². The maximum Gasteiger partial charge on any atom is 0.242 e. The van der Waals surface area contributed by atoms with E-state index < -0.39 is 6.04 Å². The second-order valence-corrected chi connectivity index (χ2v) is 12.1. The van der Waals surface area contributed by atoms with E-state index in [4.69, 9.17) is 11.1 Å². The van der Waals surface area contributed by atoms with Crippen molar-refractivity contribution in [3.05, 3.63) is 0 Å². The molecule has 0 aromatic rings. The minimum atomic E-state index is -0.526. The lowest BCUT2D eigenvalue weighted by Crippen LogP contribution is -2.47. The van der Waals surface area contributed by atoms with Crippen molar-refractivity contribution >= 4 is 17.8 Å². The summed E-state index contributed by atoms with van der Waals surface area (Å²) in [5, 5.41) is 16.0. The van der Waals surface area contributed by atoms with Gasteiger partial charge in [-0.15, -0.1) is 0 Å². The average molecular weight is 580 g/mol. The zero-order valence-corrected chi connectivity index (χ0v) is 27.3. The predicted octanol–water partition coefficient (Wildman–Crippen LogP) is 8.25. The van der Waals surface area contributed by atoms with Crippen LogP contribution in [0.5, 0.6) is 0 Å². The first-order chi connectivity index (χ1) is 20.0. The third-order valence-corrected chi connectivity index (χ3v) is 7.97. The molecule has 1 unspecified atom stereocenters. The monoisotopic (exact) mass is 580 g/mol. The number of hydrogen-bond donors (Lipinski definition) is 5. The predicted molar refractivity (Wildman–Crippen MR) is 176 cm³/mol. The summed E-state index contributed by atoms with van der Waals surface area (Å²) in [7, 11) is 0. The molecule has 0 rings (SSSR count). The molecule has 242 valence electrons. The third-order valence-electron chi connectivity index (χ3n) is 7.97. The number of nitrogens with one attached hydrogen (secondary N) is 4. The molecule has 2 amide bonds. The number of amides is 2. The Bertz CT molecular complexity index is 614. The van der Waals surface area contributed by atoms with Crippen molar-refractivity contribution in [1.29, 1.82) is 5.41 Å². The van der Waals surface area contributed by atoms with Crippen LogP contribution in [0.25, 0.3) is 0 Å². The van der Waals surface area contributed by atoms with Crippen molar-refractivity contribution in [2.75, 3.05) is 13.1 Å². The fourth-order valence-corrected chi connectivity index (χ4v) is 5.32. The Hall–Kier alpha value is -1.79. The van der Waals surface area contributed by atoms with Crippen LogP contribution in [0.15, 0.2) is 0 Å². The smallest absolute Gasteiger partial charge is 0.242 e. The van der Waals surface area contributed by atoms with E-state index in [1.165, 1.54) is 122 Å². The van der Waals surface area contributed by atoms with Crippen molar-refractivity contribution in [3.63, 3.8) is 0 Å². The molecule has 0 heterocycles. The Morgan fingerprint density at radius 2 is 0.951 bits per heavy atom. The number of carbonyl (C=O) groups is 2. The van der Waals surface area contributed by atoms with Gasteiger partial charge in [-0.2, -0.15) is 0 Å². The van der Waals surface area contributed by atoms with E-state index in [9.17, 15) is 9.59 Å². The van der Waals surface area contributed by atoms with Gasteiger partial charge in [0.25, 0.3) is 0 Å². The van der Waals surface area contributed by atoms with Crippen LogP contribution in [-0.4, -0.2) is 36.9 Å². The molecular weight excluding hydrogens is 510 g/mol. The van der Waals surface area contributed by atoms with Crippen LogP contribution < -0.4 is 21.7 Å². The van der Waals surface area contributed by atoms with Crippen molar-refractivity contribution in [1.82, 2.24) is 16.0 Å². The quantitative estimate of drug-likeness (QED) is 0.0322. The average Bonchev–Trinajstić information content (AvgIpc) is 2.95. The highest BCUT2D eigenvalue weighted by Crippen LogP contribution is 2.14. The number of carbonyl (C=O) groups excluding carboxylic acids is 2. The van der Waals surface area contributed by atoms with E-state index in [0.717, 1.165) is 25.7 Å². The van der Waals surface area contributed by atoms with Gasteiger partial charge in [0.1, 0.15) is 6.04 Å². The maximum absolute atomic E-state index is 12.8. The molecule has 1 atom stereocenters. The van der Waals surface area contributed by atoms with Gasteiger partial charge < -0.3 is 21.7 Å².